The molecule has 0 N–H and O–H groups in total. The van der Waals surface area contributed by atoms with Gasteiger partial charge in [0.2, 0.25) is 0 Å². The minimum absolute atomic E-state index is 0. The second-order valence-electron chi connectivity index (χ2n) is 25.6. The van der Waals surface area contributed by atoms with Crippen molar-refractivity contribution in [3.05, 3.63) is 280 Å². The van der Waals surface area contributed by atoms with E-state index in [2.05, 4.69) is 211 Å². The molecule has 0 aliphatic rings. The van der Waals surface area contributed by atoms with E-state index < -0.39 is 11.6 Å². The van der Waals surface area contributed by atoms with E-state index in [0.717, 1.165) is 33.2 Å². The van der Waals surface area contributed by atoms with Crippen LogP contribution in [0.3, 0.4) is 0 Å². The second-order valence-corrected chi connectivity index (χ2v) is 27.4. The number of thiazole rings is 1. The molecule has 0 saturated heterocycles. The smallest absolute Gasteiger partial charge is 0.138 e. The van der Waals surface area contributed by atoms with E-state index in [1.807, 2.05) is 92.1 Å². The Balaban J connectivity index is 0.000000236. The quantitative estimate of drug-likeness (QED) is 0.134. The van der Waals surface area contributed by atoms with Crippen LogP contribution in [0.1, 0.15) is 217 Å². The summed E-state index contributed by atoms with van der Waals surface area (Å²) < 4.78 is 54.9. The summed E-state index contributed by atoms with van der Waals surface area (Å²) >= 11 is 3.43. The minimum atomic E-state index is -0.506. The molecule has 0 aliphatic carbocycles. The van der Waals surface area contributed by atoms with Gasteiger partial charge in [0.1, 0.15) is 40.8 Å². The van der Waals surface area contributed by atoms with Crippen molar-refractivity contribution in [1.29, 1.82) is 0 Å². The van der Waals surface area contributed by atoms with Crippen molar-refractivity contribution >= 4 is 64.9 Å². The first-order chi connectivity index (χ1) is 45.3. The maximum atomic E-state index is 12.5. The van der Waals surface area contributed by atoms with Gasteiger partial charge in [-0.2, -0.15) is 10.2 Å². The molecule has 0 spiro atoms. The van der Waals surface area contributed by atoms with E-state index in [9.17, 15) is 17.6 Å². The summed E-state index contributed by atoms with van der Waals surface area (Å²) in [5.41, 5.74) is 16.2. The molecule has 97 heavy (non-hydrogen) atoms. The van der Waals surface area contributed by atoms with Gasteiger partial charge in [0, 0.05) is 41.7 Å². The Morgan fingerprint density at radius 2 is 0.938 bits per heavy atom. The fourth-order valence-electron chi connectivity index (χ4n) is 9.71. The number of pyridine rings is 2. The summed E-state index contributed by atoms with van der Waals surface area (Å²) in [4.78, 5) is 17.9. The van der Waals surface area contributed by atoms with Crippen molar-refractivity contribution in [2.24, 2.45) is 7.05 Å². The molecule has 0 unspecified atom stereocenters. The largest absolute Gasteiger partial charge is 0.268 e. The number of hydrogen-bond acceptors (Lipinski definition) is 8. The van der Waals surface area contributed by atoms with Gasteiger partial charge in [-0.15, -0.1) is 22.7 Å². The zero-order chi connectivity index (χ0) is 69.3. The Morgan fingerprint density at radius 3 is 1.53 bits per heavy atom. The van der Waals surface area contributed by atoms with Crippen LogP contribution in [-0.4, -0.2) is 39.5 Å². The van der Waals surface area contributed by atoms with Crippen LogP contribution >= 0.6 is 22.7 Å². The van der Waals surface area contributed by atoms with Crippen LogP contribution in [0.2, 0.25) is 0 Å². The summed E-state index contributed by atoms with van der Waals surface area (Å²) in [5, 5.41) is 14.4. The summed E-state index contributed by atoms with van der Waals surface area (Å²) in [6.07, 6.45) is 8.88. The van der Waals surface area contributed by atoms with Gasteiger partial charge in [-0.25, -0.2) is 37.2 Å². The topological polar surface area (TPSA) is 87.2 Å². The standard InChI is InChI=1S/C12H13N.C11H13N3.C11H14N2.2C10H11NS.C9H10F2.2C9H11F.2CH4/c1-9(2)10-5-6-12-11(8-10)4-3-7-13-12;1-9(2)10-4-3-5-11(6-10)14-8-12-7-13-14;1-8(2)9-5-4-6-11-10(9)7-12-13(11)3;1-7(2)8-3-4-10-9(5-8)11-6-12-10;1-7(2)9-6-12-10-8(9)4-3-5-11-10;1-6(2)7-3-8(10)5-9(11)4-7;1-7(2)8-3-5-9(10)6-4-8;1-7(2)8-4-3-5-9(10)6-8;;/h3-9H,1-2H3;3-9H,1-2H3;4-8H,1-3H3;2*3-7H,1-2H3;3-6H,1-2H3;2*3-7H,1-2H3;2*1H4. The predicted octanol–water partition coefficient (Wildman–Crippen LogP) is 25.5. The van der Waals surface area contributed by atoms with Crippen LogP contribution < -0.4 is 0 Å². The average molecular weight is 1350 g/mol. The molecule has 7 aromatic carbocycles. The molecule has 13 rings (SSSR count). The van der Waals surface area contributed by atoms with Crippen molar-refractivity contribution in [3.8, 4) is 5.69 Å². The molecule has 0 fully saturated rings. The molecule has 0 radical (unpaired) electrons. The van der Waals surface area contributed by atoms with E-state index in [-0.39, 0.29) is 32.4 Å². The third-order valence-electron chi connectivity index (χ3n) is 15.6. The number of halogens is 4. The van der Waals surface area contributed by atoms with Crippen molar-refractivity contribution in [1.82, 2.24) is 39.5 Å². The predicted molar refractivity (Wildman–Crippen MR) is 408 cm³/mol. The van der Waals surface area contributed by atoms with Gasteiger partial charge in [-0.3, -0.25) is 9.67 Å². The van der Waals surface area contributed by atoms with E-state index in [4.69, 9.17) is 0 Å². The summed E-state index contributed by atoms with van der Waals surface area (Å²) in [7, 11) is 1.98. The van der Waals surface area contributed by atoms with Gasteiger partial charge < -0.3 is 0 Å². The molecule has 514 valence electrons. The van der Waals surface area contributed by atoms with Crippen molar-refractivity contribution in [2.75, 3.05) is 0 Å². The summed E-state index contributed by atoms with van der Waals surface area (Å²) in [6, 6.07) is 52.9. The zero-order valence-corrected chi connectivity index (χ0v) is 59.9. The number of fused-ring (bicyclic) bond motifs is 4. The maximum Gasteiger partial charge on any atom is 0.138 e. The summed E-state index contributed by atoms with van der Waals surface area (Å²) in [6.45, 7) is 34.1. The van der Waals surface area contributed by atoms with E-state index >= 15 is 0 Å². The first kappa shape index (κ1) is 80.7. The molecule has 0 atom stereocenters. The summed E-state index contributed by atoms with van der Waals surface area (Å²) in [5.74, 6) is 2.63. The van der Waals surface area contributed by atoms with Crippen molar-refractivity contribution in [3.63, 3.8) is 0 Å². The minimum Gasteiger partial charge on any atom is -0.268 e. The molecule has 0 amide bonds. The van der Waals surface area contributed by atoms with Crippen LogP contribution in [0.15, 0.2) is 212 Å². The highest BCUT2D eigenvalue weighted by molar-refractivity contribution is 7.17. The highest BCUT2D eigenvalue weighted by atomic mass is 32.1. The van der Waals surface area contributed by atoms with Gasteiger partial charge in [0.25, 0.3) is 0 Å². The lowest BCUT2D eigenvalue weighted by Gasteiger charge is -2.07. The molecule has 6 aromatic heterocycles. The van der Waals surface area contributed by atoms with E-state index in [1.165, 1.54) is 90.1 Å². The lowest BCUT2D eigenvalue weighted by atomic mass is 10.00. The number of hydrogen-bond donors (Lipinski definition) is 0. The van der Waals surface area contributed by atoms with Crippen molar-refractivity contribution in [2.45, 2.75) is 173 Å². The number of nitrogens with zero attached hydrogens (tertiary/aromatic N) is 8. The highest BCUT2D eigenvalue weighted by Crippen LogP contribution is 2.30. The molecule has 0 saturated carbocycles. The van der Waals surface area contributed by atoms with Gasteiger partial charge in [0.15, 0.2) is 0 Å². The molecule has 6 heterocycles. The van der Waals surface area contributed by atoms with Gasteiger partial charge in [0.05, 0.1) is 38.6 Å². The monoisotopic (exact) mass is 1350 g/mol. The van der Waals surface area contributed by atoms with E-state index in [0.29, 0.717) is 47.0 Å². The van der Waals surface area contributed by atoms with Crippen molar-refractivity contribution < 1.29 is 17.6 Å². The first-order valence-electron chi connectivity index (χ1n) is 32.6. The first-order valence-corrected chi connectivity index (χ1v) is 34.4. The van der Waals surface area contributed by atoms with Crippen LogP contribution in [0, 0.1) is 23.3 Å². The third-order valence-corrected chi connectivity index (χ3v) is 17.3. The number of benzene rings is 7. The SMILES string of the molecule is C.C.CC(C)c1cc(F)cc(F)c1.CC(C)c1ccc(F)cc1.CC(C)c1ccc2ncccc2c1.CC(C)c1ccc2scnc2c1.CC(C)c1cccc(-n2cncn2)c1.CC(C)c1cccc(F)c1.CC(C)c1cccc2c1cnn2C.CC(C)c1csc2ncccc12. The second kappa shape index (κ2) is 40.1. The highest BCUT2D eigenvalue weighted by Gasteiger charge is 2.10. The Labute approximate surface area is 584 Å². The number of aromatic nitrogens is 8. The molecule has 0 aliphatic heterocycles. The lowest BCUT2D eigenvalue weighted by molar-refractivity contribution is 0.577. The van der Waals surface area contributed by atoms with Crippen LogP contribution in [-0.2, 0) is 7.05 Å². The molecule has 13 aromatic rings. The maximum absolute atomic E-state index is 12.5. The Hall–Kier alpha value is -8.72. The third kappa shape index (κ3) is 25.3. The fourth-order valence-corrected chi connectivity index (χ4v) is 11.4. The number of thiophene rings is 1. The lowest BCUT2D eigenvalue weighted by Crippen LogP contribution is -1.96. The Morgan fingerprint density at radius 1 is 0.392 bits per heavy atom. The van der Waals surface area contributed by atoms with E-state index in [1.54, 1.807) is 52.1 Å². The van der Waals surface area contributed by atoms with Gasteiger partial charge in [-0.1, -0.05) is 198 Å². The molecular formula is C83H102F4N8S2. The van der Waals surface area contributed by atoms with Crippen LogP contribution in [0.5, 0.6) is 0 Å². The fraction of sp³-hybridized carbons (Fsp3) is 0.325. The molecule has 8 nitrogen and oxygen atoms in total. The number of rotatable bonds is 9. The molecule has 14 heteroatoms. The van der Waals surface area contributed by atoms with Crippen LogP contribution in [0.25, 0.3) is 47.9 Å². The van der Waals surface area contributed by atoms with Gasteiger partial charge >= 0.3 is 0 Å². The van der Waals surface area contributed by atoms with Gasteiger partial charge in [-0.05, 0) is 188 Å². The number of aryl methyl sites for hydroxylation is 1. The molecule has 0 bridgehead atoms. The Bertz CT molecular complexity index is 4350. The van der Waals surface area contributed by atoms with Crippen LogP contribution in [0.4, 0.5) is 17.6 Å². The normalized spacial score (nSPS) is 10.7. The molecular weight excluding hydrogens is 1250 g/mol. The Kier molecular flexibility index (Phi) is 33.4. The average Bonchev–Trinajstić information content (AvgIpc) is 1.65. The zero-order valence-electron chi connectivity index (χ0n) is 58.2.